The van der Waals surface area contributed by atoms with Gasteiger partial charge in [-0.25, -0.2) is 0 Å². The Kier molecular flexibility index (Phi) is 27.3. The summed E-state index contributed by atoms with van der Waals surface area (Å²) in [4.78, 5) is 0. The maximum Gasteiger partial charge on any atom is 2.00 e. The summed E-state index contributed by atoms with van der Waals surface area (Å²) in [5, 5.41) is 0. The normalized spacial score (nSPS) is 7.25. The number of rotatable bonds is 0. The molecule has 8 heavy (non-hydrogen) atoms. The Morgan fingerprint density at radius 1 is 1.12 bits per heavy atom. The Morgan fingerprint density at radius 3 is 1.12 bits per heavy atom. The molecule has 0 aliphatic rings. The second-order valence-electron chi connectivity index (χ2n) is 0.448. The molecule has 0 aromatic heterocycles. The van der Waals surface area contributed by atoms with Gasteiger partial charge >= 0.3 is 97.2 Å². The van der Waals surface area contributed by atoms with Crippen molar-refractivity contribution in [2.45, 2.75) is 0 Å². The van der Waals surface area contributed by atoms with Gasteiger partial charge in [-0.2, -0.15) is 8.42 Å². The van der Waals surface area contributed by atoms with Gasteiger partial charge in [-0.3, -0.25) is 9.11 Å². The maximum atomic E-state index is 8.74. The first-order valence-electron chi connectivity index (χ1n) is 0.698. The smallest absolute Gasteiger partial charge is 0.264 e. The Hall–Kier alpha value is 2.75. The fourth-order valence-corrected chi connectivity index (χ4v) is 0. The van der Waals surface area contributed by atoms with E-state index < -0.39 is 10.4 Å². The number of hydrogen-bond acceptors (Lipinski definition) is 2. The van der Waals surface area contributed by atoms with Crippen LogP contribution in [0, 0.1) is 0 Å². The van der Waals surface area contributed by atoms with Crippen LogP contribution in [0.4, 0.5) is 0 Å². The zero-order chi connectivity index (χ0) is 4.50. The predicted octanol–water partition coefficient (Wildman–Crippen LogP) is -4.03. The van der Waals surface area contributed by atoms with Crippen molar-refractivity contribution >= 4 is 48.1 Å². The van der Waals surface area contributed by atoms with Crippen LogP contribution in [0.3, 0.4) is 0 Å². The average Bonchev–Trinajstić information content (AvgIpc) is 0.722. The first-order chi connectivity index (χ1) is 2.00. The molecule has 8 heteroatoms. The first-order valence-corrected chi connectivity index (χ1v) is 2.10. The van der Waals surface area contributed by atoms with Crippen molar-refractivity contribution in [1.29, 1.82) is 0 Å². The molecule has 0 radical (unpaired) electrons. The van der Waals surface area contributed by atoms with E-state index in [1.165, 1.54) is 0 Å². The molecule has 0 saturated heterocycles. The van der Waals surface area contributed by atoms with Crippen LogP contribution in [-0.2, 0) is 29.9 Å². The van der Waals surface area contributed by atoms with Crippen LogP contribution in [-0.4, -0.2) is 55.3 Å². The van der Waals surface area contributed by atoms with E-state index in [0.29, 0.717) is 0 Å². The van der Waals surface area contributed by atoms with Crippen molar-refractivity contribution in [1.82, 2.24) is 0 Å². The Morgan fingerprint density at radius 2 is 1.12 bits per heavy atom. The molecule has 0 atom stereocenters. The molecule has 0 amide bonds. The van der Waals surface area contributed by atoms with Crippen molar-refractivity contribution < 1.29 is 66.6 Å². The van der Waals surface area contributed by atoms with Gasteiger partial charge in [0, 0.05) is 0 Å². The third-order valence-corrected chi connectivity index (χ3v) is 0. The molecule has 32 valence electrons. The van der Waals surface area contributed by atoms with E-state index in [9.17, 15) is 0 Å². The maximum absolute atomic E-state index is 8.74. The second-order valence-corrected chi connectivity index (χ2v) is 1.34. The number of hydrogen-bond donors (Lipinski definition) is 2. The minimum atomic E-state index is -4.67. The summed E-state index contributed by atoms with van der Waals surface area (Å²) in [6.07, 6.45) is 0. The third-order valence-electron chi connectivity index (χ3n) is 0. The van der Waals surface area contributed by atoms with Gasteiger partial charge in [-0.05, 0) is 0 Å². The molecule has 0 unspecified atom stereocenters. The molecule has 0 heterocycles. The van der Waals surface area contributed by atoms with E-state index in [4.69, 9.17) is 17.5 Å². The van der Waals surface area contributed by atoms with Gasteiger partial charge in [0.05, 0.1) is 0 Å². The second kappa shape index (κ2) is 9.75. The molecule has 0 aliphatic heterocycles. The van der Waals surface area contributed by atoms with Crippen LogP contribution in [0.2, 0.25) is 0 Å². The molecule has 2 N–H and O–H groups in total. The van der Waals surface area contributed by atoms with Gasteiger partial charge in [0.25, 0.3) is 0 Å². The van der Waals surface area contributed by atoms with Crippen molar-refractivity contribution in [3.8, 4) is 0 Å². The monoisotopic (exact) mass is 225 g/mol. The van der Waals surface area contributed by atoms with Crippen molar-refractivity contribution in [2.75, 3.05) is 0 Å². The van der Waals surface area contributed by atoms with Crippen molar-refractivity contribution in [3.05, 3.63) is 0 Å². The molecule has 0 spiro atoms. The van der Waals surface area contributed by atoms with Crippen LogP contribution < -0.4 is 29.6 Å². The summed E-state index contributed by atoms with van der Waals surface area (Å²) in [5.74, 6) is 0. The SMILES string of the molecule is O=S(=O)(O)O.[Ca+2].[Na+].[Zn+2]. The molecule has 0 aromatic carbocycles. The molecule has 0 saturated carbocycles. The molecule has 0 aromatic rings. The first kappa shape index (κ1) is 22.4. The molecular weight excluding hydrogens is 225 g/mol. The summed E-state index contributed by atoms with van der Waals surface area (Å²) in [7, 11) is -4.67. The van der Waals surface area contributed by atoms with Gasteiger partial charge in [0.15, 0.2) is 0 Å². The minimum absolute atomic E-state index is 0. The van der Waals surface area contributed by atoms with Gasteiger partial charge in [-0.15, -0.1) is 0 Å². The molecule has 0 rings (SSSR count). The minimum Gasteiger partial charge on any atom is -0.264 e. The fraction of sp³-hybridized carbons (Fsp3) is 0. The van der Waals surface area contributed by atoms with E-state index in [0.717, 1.165) is 0 Å². The average molecular weight is 227 g/mol. The molecule has 0 bridgehead atoms. The Labute approximate surface area is 112 Å². The van der Waals surface area contributed by atoms with E-state index >= 15 is 0 Å². The molecule has 4 nitrogen and oxygen atoms in total. The van der Waals surface area contributed by atoms with Gasteiger partial charge < -0.3 is 0 Å². The summed E-state index contributed by atoms with van der Waals surface area (Å²) < 4.78 is 31.6. The van der Waals surface area contributed by atoms with Crippen molar-refractivity contribution in [3.63, 3.8) is 0 Å². The zero-order valence-electron chi connectivity index (χ0n) is 4.53. The van der Waals surface area contributed by atoms with Crippen LogP contribution >= 0.6 is 0 Å². The van der Waals surface area contributed by atoms with E-state index in [1.807, 2.05) is 0 Å². The van der Waals surface area contributed by atoms with E-state index in [1.54, 1.807) is 0 Å². The third kappa shape index (κ3) is 69.4. The fourth-order valence-electron chi connectivity index (χ4n) is 0. The van der Waals surface area contributed by atoms with Gasteiger partial charge in [0.2, 0.25) is 0 Å². The van der Waals surface area contributed by atoms with Crippen molar-refractivity contribution in [2.24, 2.45) is 0 Å². The van der Waals surface area contributed by atoms with Gasteiger partial charge in [0.1, 0.15) is 0 Å². The molecular formula is H2CaNaO4SZn+5. The Balaban J connectivity index is -0.0000000267. The van der Waals surface area contributed by atoms with Crippen LogP contribution in [0.25, 0.3) is 0 Å². The Bertz CT molecular complexity index is 99.2. The molecule has 0 fully saturated rings. The summed E-state index contributed by atoms with van der Waals surface area (Å²) in [6, 6.07) is 0. The summed E-state index contributed by atoms with van der Waals surface area (Å²) in [6.45, 7) is 0. The summed E-state index contributed by atoms with van der Waals surface area (Å²) >= 11 is 0. The van der Waals surface area contributed by atoms with Crippen LogP contribution in [0.1, 0.15) is 0 Å². The van der Waals surface area contributed by atoms with Gasteiger partial charge in [-0.1, -0.05) is 0 Å². The topological polar surface area (TPSA) is 74.6 Å². The standard InChI is InChI=1S/Ca.Na.H2O4S.Zn/c;;1-5(2,3)4;/h;;(H2,1,2,3,4);/q+2;+1;;+2. The van der Waals surface area contributed by atoms with Crippen LogP contribution in [0.5, 0.6) is 0 Å². The van der Waals surface area contributed by atoms with E-state index in [-0.39, 0.29) is 86.8 Å². The molecule has 0 aliphatic carbocycles. The largest absolute Gasteiger partial charge is 2.00 e. The quantitative estimate of drug-likeness (QED) is 0.326. The summed E-state index contributed by atoms with van der Waals surface area (Å²) in [5.41, 5.74) is 0. The zero-order valence-corrected chi connectivity index (χ0v) is 12.5. The predicted molar refractivity (Wildman–Crippen MR) is 19.9 cm³/mol. The van der Waals surface area contributed by atoms with E-state index in [2.05, 4.69) is 0 Å². The van der Waals surface area contributed by atoms with Crippen LogP contribution in [0.15, 0.2) is 0 Å².